The SMILES string of the molecule is C=S.CCc1[nH]cc[n+]1C[n+]1cc[nH]c1S(C)(C)C.CCc1c[nH]c[n+]1C[n+]1c[nH]cc1CC.CCc1c[nH]c[n+]1C[n+]1c[nH]cc1CC.C[n+]1cc[nH]c1Cc1[nH]cc[n+]1C.C[n+]1cc[nH]c1Cc1[nH]cc[n+]1C.C[n+]1cc[nH]c1Cc1[nH]cc[n+]1C. The van der Waals surface area contributed by atoms with Gasteiger partial charge >= 0.3 is 0 Å². The number of rotatable bonds is 18. The summed E-state index contributed by atoms with van der Waals surface area (Å²) in [7, 11) is 11.5. The topological polar surface area (TPSA) is 236 Å². The molecule has 0 unspecified atom stereocenters. The minimum atomic E-state index is -0.729. The van der Waals surface area contributed by atoms with E-state index >= 15 is 0 Å². The Kier molecular flexibility index (Phi) is 26.6. The molecule has 0 fully saturated rings. The lowest BCUT2D eigenvalue weighted by atomic mass is 10.3. The third-order valence-corrected chi connectivity index (χ3v) is 16.6. The molecule has 88 heavy (non-hydrogen) atoms. The van der Waals surface area contributed by atoms with Crippen molar-refractivity contribution in [3.05, 3.63) is 213 Å². The van der Waals surface area contributed by atoms with Crippen LogP contribution in [0.3, 0.4) is 0 Å². The van der Waals surface area contributed by atoms with Crippen molar-refractivity contribution in [1.82, 2.24) is 59.8 Å². The molecule has 0 aliphatic heterocycles. The number of H-pyrrole nitrogens is 12. The van der Waals surface area contributed by atoms with E-state index in [1.54, 1.807) is 0 Å². The first-order valence-electron chi connectivity index (χ1n) is 29.9. The first kappa shape index (κ1) is 68.1. The fourth-order valence-corrected chi connectivity index (χ4v) is 11.0. The lowest BCUT2D eigenvalue weighted by molar-refractivity contribution is -0.931. The molecule has 12 aromatic heterocycles. The molecule has 0 radical (unpaired) electrons. The zero-order valence-corrected chi connectivity index (χ0v) is 56.2. The van der Waals surface area contributed by atoms with Crippen molar-refractivity contribution < 1.29 is 54.8 Å². The van der Waals surface area contributed by atoms with Crippen LogP contribution in [0.5, 0.6) is 0 Å². The van der Waals surface area contributed by atoms with Crippen LogP contribution in [0.1, 0.15) is 98.2 Å². The molecule has 0 saturated carbocycles. The molecule has 24 nitrogen and oxygen atoms in total. The van der Waals surface area contributed by atoms with Crippen LogP contribution in [0.15, 0.2) is 154 Å². The highest BCUT2D eigenvalue weighted by atomic mass is 32.3. The average molecular weight is 1250 g/mol. The van der Waals surface area contributed by atoms with Gasteiger partial charge in [0.25, 0.3) is 45.9 Å². The monoisotopic (exact) mass is 1250 g/mol. The predicted octanol–water partition coefficient (Wildman–Crippen LogP) is 1.50. The molecule has 0 aliphatic carbocycles. The molecule has 0 amide bonds. The number of hydrogen-bond acceptors (Lipinski definition) is 1. The number of hydrogen-bond donors (Lipinski definition) is 12. The van der Waals surface area contributed by atoms with E-state index in [-0.39, 0.29) is 0 Å². The van der Waals surface area contributed by atoms with Crippen LogP contribution in [0.2, 0.25) is 0 Å². The highest BCUT2D eigenvalue weighted by Gasteiger charge is 2.24. The molecule has 12 aromatic rings. The second kappa shape index (κ2) is 34.3. The first-order chi connectivity index (χ1) is 42.5. The molecule has 0 atom stereocenters. The predicted molar refractivity (Wildman–Crippen MR) is 338 cm³/mol. The molecule has 26 heteroatoms. The van der Waals surface area contributed by atoms with Crippen molar-refractivity contribution in [2.75, 3.05) is 18.8 Å². The zero-order chi connectivity index (χ0) is 63.6. The van der Waals surface area contributed by atoms with Gasteiger partial charge in [-0.25, -0.2) is 87.2 Å². The van der Waals surface area contributed by atoms with Crippen LogP contribution in [-0.4, -0.2) is 84.4 Å². The largest absolute Gasteiger partial charge is 0.300 e. The van der Waals surface area contributed by atoms with Gasteiger partial charge in [-0.2, -0.15) is 27.4 Å². The van der Waals surface area contributed by atoms with Crippen LogP contribution >= 0.6 is 22.2 Å². The summed E-state index contributed by atoms with van der Waals surface area (Å²) in [4.78, 5) is 38.4. The van der Waals surface area contributed by atoms with Crippen LogP contribution < -0.4 is 54.8 Å². The summed E-state index contributed by atoms with van der Waals surface area (Å²) in [5, 5.41) is 1.33. The quantitative estimate of drug-likeness (QED) is 0.0445. The summed E-state index contributed by atoms with van der Waals surface area (Å²) in [5.41, 5.74) is 5.30. The minimum absolute atomic E-state index is 0.729. The molecule has 0 aliphatic rings. The van der Waals surface area contributed by atoms with Gasteiger partial charge in [0.15, 0.2) is 19.3 Å². The summed E-state index contributed by atoms with van der Waals surface area (Å²) in [6.45, 7) is 13.5. The zero-order valence-electron chi connectivity index (χ0n) is 54.5. The van der Waals surface area contributed by atoms with Gasteiger partial charge in [0, 0.05) is 32.1 Å². The first-order valence-corrected chi connectivity index (χ1v) is 33.4. The Hall–Kier alpha value is -9.04. The van der Waals surface area contributed by atoms with Crippen molar-refractivity contribution in [2.24, 2.45) is 42.3 Å². The van der Waals surface area contributed by atoms with Crippen molar-refractivity contribution in [3.63, 3.8) is 0 Å². The van der Waals surface area contributed by atoms with Crippen LogP contribution in [0.4, 0.5) is 0 Å². The van der Waals surface area contributed by atoms with E-state index in [1.807, 2.05) is 154 Å². The molecule has 12 heterocycles. The second-order valence-electron chi connectivity index (χ2n) is 21.9. The van der Waals surface area contributed by atoms with E-state index in [0.717, 1.165) is 71.4 Å². The van der Waals surface area contributed by atoms with Crippen LogP contribution in [-0.2, 0) is 114 Å². The lowest BCUT2D eigenvalue weighted by Gasteiger charge is -2.19. The Balaban J connectivity index is 0.000000168. The Bertz CT molecular complexity index is 3380. The Labute approximate surface area is 525 Å². The molecule has 0 aromatic carbocycles. The van der Waals surface area contributed by atoms with Gasteiger partial charge in [0.2, 0.25) is 45.3 Å². The van der Waals surface area contributed by atoms with Gasteiger partial charge in [0.05, 0.1) is 42.3 Å². The number of nitrogens with one attached hydrogen (secondary N) is 12. The van der Waals surface area contributed by atoms with E-state index in [0.29, 0.717) is 0 Å². The summed E-state index contributed by atoms with van der Waals surface area (Å²) >= 11 is 3.83. The smallest absolute Gasteiger partial charge is 0.250 e. The maximum absolute atomic E-state index is 3.83. The van der Waals surface area contributed by atoms with Gasteiger partial charge in [-0.05, 0) is 24.6 Å². The molecule has 0 spiro atoms. The lowest BCUT2D eigenvalue weighted by Crippen LogP contribution is -2.53. The summed E-state index contributed by atoms with van der Waals surface area (Å²) in [6, 6.07) is 0. The maximum Gasteiger partial charge on any atom is 0.300 e. The third-order valence-electron chi connectivity index (χ3n) is 15.1. The number of imidazole rings is 12. The standard InChI is InChI=1S/C12H20N4S.2C11H16N4.3C9H12N4.CH2S/c1-5-11-13-6-8-15(11)10-16-9-7-14-12(16)17(2,3)4;2*1-3-10-5-12-7-14(10)9-15-8-13-6-11(15)4-2;3*1-12-5-3-10-8(12)7-9-11-4-6-13(9)2;1-2/h6-9H,5,10H2,1-4H3;2*5-8H,3-4,9H2,1-2H3;3*3-6H,7H2,1-2H3;1H2/p+12. The molecular formula is C62H102N24S2+12. The van der Waals surface area contributed by atoms with E-state index in [4.69, 9.17) is 0 Å². The Morgan fingerprint density at radius 2 is 0.557 bits per heavy atom. The van der Waals surface area contributed by atoms with Gasteiger partial charge < -0.3 is 0 Å². The fraction of sp³-hybridized carbons (Fsp3) is 0.403. The van der Waals surface area contributed by atoms with Gasteiger partial charge in [-0.1, -0.05) is 46.8 Å². The Morgan fingerprint density at radius 1 is 0.318 bits per heavy atom. The van der Waals surface area contributed by atoms with Gasteiger partial charge in [-0.3, -0.25) is 0 Å². The molecule has 470 valence electrons. The van der Waals surface area contributed by atoms with E-state index < -0.39 is 10.0 Å². The Morgan fingerprint density at radius 3 is 0.795 bits per heavy atom. The highest BCUT2D eigenvalue weighted by molar-refractivity contribution is 8.31. The van der Waals surface area contributed by atoms with Crippen LogP contribution in [0, 0.1) is 0 Å². The molecule has 12 rings (SSSR count). The number of nitrogens with zero attached hydrogens (tertiary/aromatic N) is 12. The number of aromatic nitrogens is 24. The normalized spacial score (nSPS) is 10.9. The maximum atomic E-state index is 3.83. The van der Waals surface area contributed by atoms with Crippen molar-refractivity contribution in [2.45, 2.75) is 111 Å². The van der Waals surface area contributed by atoms with Crippen molar-refractivity contribution in [3.8, 4) is 0 Å². The van der Waals surface area contributed by atoms with E-state index in [9.17, 15) is 0 Å². The van der Waals surface area contributed by atoms with E-state index in [2.05, 4.69) is 223 Å². The second-order valence-corrected chi connectivity index (χ2v) is 25.9. The number of aromatic amines is 12. The number of thiocarbonyl (C=S) groups is 1. The van der Waals surface area contributed by atoms with E-state index in [1.165, 1.54) is 68.7 Å². The average Bonchev–Trinajstić information content (AvgIpc) is 3.58. The summed E-state index contributed by atoms with van der Waals surface area (Å²) in [5.74, 6) is 11.2. The van der Waals surface area contributed by atoms with Crippen LogP contribution in [0.25, 0.3) is 0 Å². The summed E-state index contributed by atoms with van der Waals surface area (Å²) in [6.07, 6.45) is 63.1. The highest BCUT2D eigenvalue weighted by Crippen LogP contribution is 2.41. The molecule has 0 saturated heterocycles. The molecular weight excluding hydrogens is 1140 g/mol. The summed E-state index contributed by atoms with van der Waals surface area (Å²) < 4.78 is 26.0. The van der Waals surface area contributed by atoms with Gasteiger partial charge in [-0.15, -0.1) is 10.0 Å². The molecule has 12 N–H and O–H groups in total. The van der Waals surface area contributed by atoms with Crippen molar-refractivity contribution in [1.29, 1.82) is 0 Å². The van der Waals surface area contributed by atoms with Crippen molar-refractivity contribution >= 4 is 28.1 Å². The van der Waals surface area contributed by atoms with Gasteiger partial charge in [0.1, 0.15) is 147 Å². The fourth-order valence-electron chi connectivity index (χ4n) is 9.77. The third kappa shape index (κ3) is 19.5. The molecule has 0 bridgehead atoms. The minimum Gasteiger partial charge on any atom is -0.250 e. The number of aryl methyl sites for hydroxylation is 11.